The van der Waals surface area contributed by atoms with Crippen LogP contribution in [0, 0.1) is 12.7 Å². The van der Waals surface area contributed by atoms with Crippen LogP contribution in [0.1, 0.15) is 21.1 Å². The van der Waals surface area contributed by atoms with E-state index in [1.54, 1.807) is 6.07 Å². The van der Waals surface area contributed by atoms with Crippen molar-refractivity contribution in [3.05, 3.63) is 77.3 Å². The predicted octanol–water partition coefficient (Wildman–Crippen LogP) is 4.86. The molecule has 3 heterocycles. The molecule has 0 saturated carbocycles. The molecule has 0 spiro atoms. The summed E-state index contributed by atoms with van der Waals surface area (Å²) >= 11 is 2.97. The number of para-hydroxylation sites is 1. The summed E-state index contributed by atoms with van der Waals surface area (Å²) < 4.78 is 22.5. The Morgan fingerprint density at radius 1 is 1.25 bits per heavy atom. The van der Waals surface area contributed by atoms with Crippen molar-refractivity contribution in [2.75, 3.05) is 5.32 Å². The molecule has 0 saturated heterocycles. The number of aryl methyl sites for hydroxylation is 1. The van der Waals surface area contributed by atoms with Crippen LogP contribution >= 0.6 is 23.1 Å². The van der Waals surface area contributed by atoms with Gasteiger partial charge in [0.1, 0.15) is 28.9 Å². The molecule has 0 fully saturated rings. The van der Waals surface area contributed by atoms with E-state index < -0.39 is 11.7 Å². The van der Waals surface area contributed by atoms with Crippen LogP contribution in [0.15, 0.2) is 63.9 Å². The summed E-state index contributed by atoms with van der Waals surface area (Å²) in [5.74, 6) is -0.340. The largest absolute Gasteiger partial charge is 0.451 e. The van der Waals surface area contributed by atoms with E-state index in [0.29, 0.717) is 17.0 Å². The van der Waals surface area contributed by atoms with E-state index in [1.165, 1.54) is 52.6 Å². The fraction of sp³-hybridized carbons (Fsp3) is 0.0952. The highest BCUT2D eigenvalue weighted by molar-refractivity contribution is 8.00. The van der Waals surface area contributed by atoms with Gasteiger partial charge in [-0.15, -0.1) is 10.2 Å². The normalized spacial score (nSPS) is 11.2. The zero-order chi connectivity index (χ0) is 22.1. The molecule has 3 aromatic heterocycles. The maximum absolute atomic E-state index is 14.5. The molecule has 1 N–H and O–H groups in total. The van der Waals surface area contributed by atoms with Crippen LogP contribution in [0.4, 0.5) is 10.1 Å². The fourth-order valence-corrected chi connectivity index (χ4v) is 5.03. The molecule has 0 unspecified atom stereocenters. The summed E-state index contributed by atoms with van der Waals surface area (Å²) in [6.45, 7) is 1.89. The maximum atomic E-state index is 14.5. The van der Waals surface area contributed by atoms with Crippen molar-refractivity contribution in [2.24, 2.45) is 0 Å². The Hall–Kier alpha value is -3.57. The summed E-state index contributed by atoms with van der Waals surface area (Å²) in [5.41, 5.74) is 1.88. The monoisotopic (exact) mass is 466 g/mol. The van der Waals surface area contributed by atoms with E-state index >= 15 is 0 Å². The summed E-state index contributed by atoms with van der Waals surface area (Å²) in [6.07, 6.45) is 2.72. The van der Waals surface area contributed by atoms with Crippen LogP contribution in [0.25, 0.3) is 16.7 Å². The standard InChI is InChI=1S/C21H15FN6O2S2/c1-12-26-27-21(32-12)31-9-15-14-4-2-3-5-18(14)30-19(15)20(29)25-13-6-7-17(16(22)8-13)28-11-23-10-24-28/h2-8,10-11H,9H2,1H3,(H,25,29). The van der Waals surface area contributed by atoms with E-state index in [1.807, 2.05) is 31.2 Å². The Balaban J connectivity index is 1.42. The van der Waals surface area contributed by atoms with Crippen molar-refractivity contribution in [1.82, 2.24) is 25.0 Å². The van der Waals surface area contributed by atoms with Gasteiger partial charge in [-0.2, -0.15) is 5.10 Å². The van der Waals surface area contributed by atoms with Crippen LogP contribution in [0.2, 0.25) is 0 Å². The molecule has 2 aromatic carbocycles. The Bertz CT molecular complexity index is 1410. The average Bonchev–Trinajstić information content (AvgIpc) is 3.52. The molecule has 5 aromatic rings. The van der Waals surface area contributed by atoms with Crippen molar-refractivity contribution >= 4 is 45.7 Å². The van der Waals surface area contributed by atoms with Gasteiger partial charge in [-0.1, -0.05) is 41.3 Å². The van der Waals surface area contributed by atoms with Gasteiger partial charge in [-0.05, 0) is 31.2 Å². The fourth-order valence-electron chi connectivity index (χ4n) is 3.19. The zero-order valence-corrected chi connectivity index (χ0v) is 18.3. The molecule has 0 radical (unpaired) electrons. The van der Waals surface area contributed by atoms with E-state index in [-0.39, 0.29) is 11.4 Å². The summed E-state index contributed by atoms with van der Waals surface area (Å²) in [4.78, 5) is 16.9. The molecule has 11 heteroatoms. The predicted molar refractivity (Wildman–Crippen MR) is 120 cm³/mol. The first kappa shape index (κ1) is 20.3. The second kappa shape index (κ2) is 8.52. The Morgan fingerprint density at radius 2 is 2.12 bits per heavy atom. The van der Waals surface area contributed by atoms with Gasteiger partial charge in [0.05, 0.1) is 0 Å². The third kappa shape index (κ3) is 3.99. The van der Waals surface area contributed by atoms with Crippen molar-refractivity contribution < 1.29 is 13.6 Å². The second-order valence-electron chi connectivity index (χ2n) is 6.74. The van der Waals surface area contributed by atoms with Crippen molar-refractivity contribution in [1.29, 1.82) is 0 Å². The van der Waals surface area contributed by atoms with Crippen molar-refractivity contribution in [3.8, 4) is 5.69 Å². The van der Waals surface area contributed by atoms with Crippen LogP contribution in [-0.4, -0.2) is 30.9 Å². The number of halogens is 1. The highest BCUT2D eigenvalue weighted by Gasteiger charge is 2.22. The number of amides is 1. The number of thioether (sulfide) groups is 1. The lowest BCUT2D eigenvalue weighted by atomic mass is 10.1. The van der Waals surface area contributed by atoms with Gasteiger partial charge in [-0.25, -0.2) is 14.1 Å². The number of benzene rings is 2. The average molecular weight is 467 g/mol. The van der Waals surface area contributed by atoms with E-state index in [9.17, 15) is 9.18 Å². The molecule has 1 amide bonds. The summed E-state index contributed by atoms with van der Waals surface area (Å²) in [7, 11) is 0. The summed E-state index contributed by atoms with van der Waals surface area (Å²) in [6, 6.07) is 11.8. The van der Waals surface area contributed by atoms with Gasteiger partial charge >= 0.3 is 0 Å². The maximum Gasteiger partial charge on any atom is 0.291 e. The zero-order valence-electron chi connectivity index (χ0n) is 16.7. The number of aromatic nitrogens is 5. The SMILES string of the molecule is Cc1nnc(SCc2c(C(=O)Nc3ccc(-n4cncn4)c(F)c3)oc3ccccc23)s1. The molecule has 0 atom stereocenters. The number of anilines is 1. The Morgan fingerprint density at radius 3 is 2.88 bits per heavy atom. The van der Waals surface area contributed by atoms with Gasteiger partial charge in [0.25, 0.3) is 5.91 Å². The van der Waals surface area contributed by atoms with Crippen LogP contribution in [0.5, 0.6) is 0 Å². The van der Waals surface area contributed by atoms with E-state index in [2.05, 4.69) is 25.6 Å². The van der Waals surface area contributed by atoms with E-state index in [0.717, 1.165) is 20.3 Å². The highest BCUT2D eigenvalue weighted by atomic mass is 32.2. The molecule has 8 nitrogen and oxygen atoms in total. The number of nitrogens with one attached hydrogen (secondary N) is 1. The minimum absolute atomic E-state index is 0.181. The lowest BCUT2D eigenvalue weighted by Crippen LogP contribution is -2.13. The molecule has 0 aliphatic rings. The first-order valence-corrected chi connectivity index (χ1v) is 11.3. The molecular formula is C21H15FN6O2S2. The van der Waals surface area contributed by atoms with Gasteiger partial charge in [0.15, 0.2) is 15.9 Å². The molecule has 32 heavy (non-hydrogen) atoms. The quantitative estimate of drug-likeness (QED) is 0.357. The number of nitrogens with zero attached hydrogens (tertiary/aromatic N) is 5. The lowest BCUT2D eigenvalue weighted by Gasteiger charge is -2.08. The summed E-state index contributed by atoms with van der Waals surface area (Å²) in [5, 5.41) is 16.5. The number of furan rings is 1. The number of hydrogen-bond acceptors (Lipinski definition) is 8. The van der Waals surface area contributed by atoms with Gasteiger partial charge in [-0.3, -0.25) is 4.79 Å². The Labute approximate surface area is 189 Å². The molecule has 5 rings (SSSR count). The minimum Gasteiger partial charge on any atom is -0.451 e. The van der Waals surface area contributed by atoms with Crippen molar-refractivity contribution in [2.45, 2.75) is 17.0 Å². The van der Waals surface area contributed by atoms with Gasteiger partial charge < -0.3 is 9.73 Å². The first-order valence-electron chi connectivity index (χ1n) is 9.47. The molecule has 160 valence electrons. The van der Waals surface area contributed by atoms with Gasteiger partial charge in [0.2, 0.25) is 0 Å². The first-order chi connectivity index (χ1) is 15.6. The number of fused-ring (bicyclic) bond motifs is 1. The third-order valence-corrected chi connectivity index (χ3v) is 6.62. The van der Waals surface area contributed by atoms with Crippen LogP contribution in [-0.2, 0) is 5.75 Å². The highest BCUT2D eigenvalue weighted by Crippen LogP contribution is 2.33. The number of carbonyl (C=O) groups is 1. The van der Waals surface area contributed by atoms with Gasteiger partial charge in [0, 0.05) is 22.4 Å². The Kier molecular flexibility index (Phi) is 5.41. The topological polar surface area (TPSA) is 98.7 Å². The molecule has 0 bridgehead atoms. The lowest BCUT2D eigenvalue weighted by molar-refractivity contribution is 0.0998. The minimum atomic E-state index is -0.541. The molecular weight excluding hydrogens is 451 g/mol. The van der Waals surface area contributed by atoms with Crippen LogP contribution in [0.3, 0.4) is 0 Å². The number of carbonyl (C=O) groups excluding carboxylic acids is 1. The molecule has 0 aliphatic carbocycles. The second-order valence-corrected chi connectivity index (χ2v) is 9.15. The number of rotatable bonds is 6. The third-order valence-electron chi connectivity index (χ3n) is 4.62. The van der Waals surface area contributed by atoms with Crippen molar-refractivity contribution in [3.63, 3.8) is 0 Å². The van der Waals surface area contributed by atoms with E-state index in [4.69, 9.17) is 4.42 Å². The molecule has 0 aliphatic heterocycles. The number of hydrogen-bond donors (Lipinski definition) is 1. The van der Waals surface area contributed by atoms with Crippen LogP contribution < -0.4 is 5.32 Å². The smallest absolute Gasteiger partial charge is 0.291 e.